The van der Waals surface area contributed by atoms with Crippen molar-refractivity contribution in [3.05, 3.63) is 119 Å². The van der Waals surface area contributed by atoms with Crippen molar-refractivity contribution >= 4 is 12.0 Å². The van der Waals surface area contributed by atoms with Gasteiger partial charge in [0.1, 0.15) is 5.75 Å². The number of carbonyl (C=O) groups excluding carboxylic acids is 1. The highest BCUT2D eigenvalue weighted by atomic mass is 16.3. The van der Waals surface area contributed by atoms with E-state index in [2.05, 4.69) is 18.2 Å². The molecule has 0 saturated carbocycles. The van der Waals surface area contributed by atoms with Gasteiger partial charge in [-0.2, -0.15) is 0 Å². The predicted octanol–water partition coefficient (Wildman–Crippen LogP) is 5.97. The third kappa shape index (κ3) is 4.30. The smallest absolute Gasteiger partial charge is 0.258 e. The van der Waals surface area contributed by atoms with Crippen LogP contribution < -0.4 is 0 Å². The molecule has 3 aromatic carbocycles. The summed E-state index contributed by atoms with van der Waals surface area (Å²) in [4.78, 5) is 15.4. The van der Waals surface area contributed by atoms with Crippen LogP contribution in [-0.2, 0) is 0 Å². The fraction of sp³-hybridized carbons (Fsp3) is 0.115. The van der Waals surface area contributed by atoms with Crippen LogP contribution in [0.3, 0.4) is 0 Å². The molecule has 0 aromatic heterocycles. The van der Waals surface area contributed by atoms with Gasteiger partial charge in [-0.3, -0.25) is 4.79 Å². The Morgan fingerprint density at radius 1 is 0.862 bits per heavy atom. The average Bonchev–Trinajstić information content (AvgIpc) is 2.79. The van der Waals surface area contributed by atoms with Crippen molar-refractivity contribution in [3.8, 4) is 5.75 Å². The quantitative estimate of drug-likeness (QED) is 0.605. The van der Waals surface area contributed by atoms with Crippen molar-refractivity contribution < 1.29 is 9.90 Å². The molecule has 1 N–H and O–H groups in total. The Bertz CT molecular complexity index is 1020. The van der Waals surface area contributed by atoms with Gasteiger partial charge in [-0.15, -0.1) is 0 Å². The number of hydrogen-bond acceptors (Lipinski definition) is 2. The number of hydrogen-bond donors (Lipinski definition) is 1. The molecule has 0 saturated heterocycles. The summed E-state index contributed by atoms with van der Waals surface area (Å²) in [5.41, 5.74) is 3.68. The summed E-state index contributed by atoms with van der Waals surface area (Å²) < 4.78 is 0. The van der Waals surface area contributed by atoms with E-state index in [-0.39, 0.29) is 17.7 Å². The first kappa shape index (κ1) is 18.8. The van der Waals surface area contributed by atoms with Crippen LogP contribution in [0.25, 0.3) is 6.08 Å². The number of benzene rings is 3. The van der Waals surface area contributed by atoms with Gasteiger partial charge in [0.2, 0.25) is 0 Å². The lowest BCUT2D eigenvalue weighted by Gasteiger charge is -2.36. The van der Waals surface area contributed by atoms with E-state index in [0.717, 1.165) is 29.7 Å². The SMILES string of the molecule is O=C(c1ccccc1)N1C(/C=C/c2ccc(O)cc2)=CCCC1c1ccccc1. The van der Waals surface area contributed by atoms with Gasteiger partial charge < -0.3 is 10.0 Å². The number of nitrogens with zero attached hydrogens (tertiary/aromatic N) is 1. The number of phenols is 1. The minimum atomic E-state index is -0.00614. The molecule has 0 spiro atoms. The molecule has 0 aliphatic carbocycles. The van der Waals surface area contributed by atoms with Crippen molar-refractivity contribution in [2.75, 3.05) is 0 Å². The van der Waals surface area contributed by atoms with Crippen LogP contribution in [0.5, 0.6) is 5.75 Å². The maximum absolute atomic E-state index is 13.5. The van der Waals surface area contributed by atoms with Crippen molar-refractivity contribution in [3.63, 3.8) is 0 Å². The second-order valence-electron chi connectivity index (χ2n) is 7.10. The van der Waals surface area contributed by atoms with E-state index in [4.69, 9.17) is 0 Å². The zero-order chi connectivity index (χ0) is 20.1. The van der Waals surface area contributed by atoms with Crippen LogP contribution in [-0.4, -0.2) is 15.9 Å². The van der Waals surface area contributed by atoms with Gasteiger partial charge in [0.15, 0.2) is 0 Å². The highest BCUT2D eigenvalue weighted by Crippen LogP contribution is 2.35. The number of carbonyl (C=O) groups is 1. The van der Waals surface area contributed by atoms with Gasteiger partial charge in [-0.1, -0.05) is 72.8 Å². The molecule has 3 nitrogen and oxygen atoms in total. The van der Waals surface area contributed by atoms with Gasteiger partial charge in [-0.05, 0) is 54.3 Å². The number of amides is 1. The summed E-state index contributed by atoms with van der Waals surface area (Å²) in [6.07, 6.45) is 7.88. The second kappa shape index (κ2) is 8.61. The van der Waals surface area contributed by atoms with Crippen LogP contribution in [0.4, 0.5) is 0 Å². The lowest BCUT2D eigenvalue weighted by Crippen LogP contribution is -2.35. The molecule has 0 fully saturated rings. The lowest BCUT2D eigenvalue weighted by molar-refractivity contribution is 0.0733. The van der Waals surface area contributed by atoms with Crippen LogP contribution >= 0.6 is 0 Å². The summed E-state index contributed by atoms with van der Waals surface area (Å²) >= 11 is 0. The van der Waals surface area contributed by atoms with Crippen LogP contribution in [0.2, 0.25) is 0 Å². The minimum absolute atomic E-state index is 0.000703. The van der Waals surface area contributed by atoms with E-state index in [1.54, 1.807) is 12.1 Å². The summed E-state index contributed by atoms with van der Waals surface area (Å²) in [7, 11) is 0. The van der Waals surface area contributed by atoms with Crippen LogP contribution in [0.15, 0.2) is 103 Å². The zero-order valence-corrected chi connectivity index (χ0v) is 16.1. The Morgan fingerprint density at radius 3 is 2.21 bits per heavy atom. The molecule has 1 aliphatic rings. The summed E-state index contributed by atoms with van der Waals surface area (Å²) in [6.45, 7) is 0. The van der Waals surface area contributed by atoms with Crippen molar-refractivity contribution in [1.82, 2.24) is 4.90 Å². The van der Waals surface area contributed by atoms with E-state index in [1.165, 1.54) is 0 Å². The zero-order valence-electron chi connectivity index (χ0n) is 16.1. The number of aromatic hydroxyl groups is 1. The van der Waals surface area contributed by atoms with Crippen molar-refractivity contribution in [2.45, 2.75) is 18.9 Å². The van der Waals surface area contributed by atoms with E-state index in [9.17, 15) is 9.90 Å². The lowest BCUT2D eigenvalue weighted by atomic mass is 9.94. The molecule has 1 amide bonds. The Balaban J connectivity index is 1.70. The standard InChI is InChI=1S/C26H23NO2/c28-24-18-15-20(16-19-24)14-17-23-12-7-13-25(21-8-3-1-4-9-21)27(23)26(29)22-10-5-2-6-11-22/h1-6,8-12,14-19,25,28H,7,13H2/b17-14+. The van der Waals surface area contributed by atoms with E-state index < -0.39 is 0 Å². The fourth-order valence-electron chi connectivity index (χ4n) is 3.68. The van der Waals surface area contributed by atoms with E-state index in [0.29, 0.717) is 5.56 Å². The summed E-state index contributed by atoms with van der Waals surface area (Å²) in [6, 6.07) is 26.7. The first-order valence-electron chi connectivity index (χ1n) is 9.83. The molecule has 3 aromatic rings. The summed E-state index contributed by atoms with van der Waals surface area (Å²) in [5.74, 6) is 0.241. The van der Waals surface area contributed by atoms with Crippen LogP contribution in [0.1, 0.15) is 40.4 Å². The average molecular weight is 381 g/mol. The third-order valence-electron chi connectivity index (χ3n) is 5.15. The molecule has 0 bridgehead atoms. The second-order valence-corrected chi connectivity index (χ2v) is 7.10. The molecule has 0 radical (unpaired) electrons. The Kier molecular flexibility index (Phi) is 5.57. The monoisotopic (exact) mass is 381 g/mol. The third-order valence-corrected chi connectivity index (χ3v) is 5.15. The maximum atomic E-state index is 13.5. The van der Waals surface area contributed by atoms with Gasteiger partial charge in [0, 0.05) is 11.3 Å². The highest BCUT2D eigenvalue weighted by molar-refractivity contribution is 5.96. The fourth-order valence-corrected chi connectivity index (χ4v) is 3.68. The first-order valence-corrected chi connectivity index (χ1v) is 9.83. The molecular weight excluding hydrogens is 358 g/mol. The van der Waals surface area contributed by atoms with Crippen LogP contribution in [0, 0.1) is 0 Å². The van der Waals surface area contributed by atoms with Gasteiger partial charge >= 0.3 is 0 Å². The Hall–Kier alpha value is -3.59. The Labute approximate surface area is 171 Å². The molecule has 1 atom stereocenters. The minimum Gasteiger partial charge on any atom is -0.508 e. The van der Waals surface area contributed by atoms with E-state index in [1.807, 2.05) is 77.7 Å². The summed E-state index contributed by atoms with van der Waals surface area (Å²) in [5, 5.41) is 9.49. The number of allylic oxidation sites excluding steroid dienone is 2. The number of rotatable bonds is 4. The van der Waals surface area contributed by atoms with Gasteiger partial charge in [-0.25, -0.2) is 0 Å². The predicted molar refractivity (Wildman–Crippen MR) is 116 cm³/mol. The maximum Gasteiger partial charge on any atom is 0.258 e. The van der Waals surface area contributed by atoms with E-state index >= 15 is 0 Å². The normalized spacial score (nSPS) is 16.6. The number of phenolic OH excluding ortho intramolecular Hbond substituents is 1. The molecule has 1 unspecified atom stereocenters. The van der Waals surface area contributed by atoms with Gasteiger partial charge in [0.05, 0.1) is 6.04 Å². The molecule has 1 heterocycles. The van der Waals surface area contributed by atoms with Crippen molar-refractivity contribution in [1.29, 1.82) is 0 Å². The molecule has 144 valence electrons. The van der Waals surface area contributed by atoms with Crippen molar-refractivity contribution in [2.24, 2.45) is 0 Å². The first-order chi connectivity index (χ1) is 14.2. The molecule has 29 heavy (non-hydrogen) atoms. The topological polar surface area (TPSA) is 40.5 Å². The van der Waals surface area contributed by atoms with Gasteiger partial charge in [0.25, 0.3) is 5.91 Å². The molecular formula is C26H23NO2. The Morgan fingerprint density at radius 2 is 1.52 bits per heavy atom. The largest absolute Gasteiger partial charge is 0.508 e. The molecule has 4 rings (SSSR count). The molecule has 1 aliphatic heterocycles. The highest BCUT2D eigenvalue weighted by Gasteiger charge is 2.30. The molecule has 3 heteroatoms.